The second kappa shape index (κ2) is 5.82. The highest BCUT2D eigenvalue weighted by Crippen LogP contribution is 2.52. The summed E-state index contributed by atoms with van der Waals surface area (Å²) in [5, 5.41) is 9.93. The number of carbonyl (C=O) groups is 1. The largest absolute Gasteiger partial charge is 0.396 e. The van der Waals surface area contributed by atoms with Gasteiger partial charge in [-0.2, -0.15) is 0 Å². The Morgan fingerprint density at radius 1 is 1.60 bits per heavy atom. The molecular formula is C17H26O3. The molecule has 0 aromatic rings. The highest BCUT2D eigenvalue weighted by atomic mass is 16.5. The van der Waals surface area contributed by atoms with Gasteiger partial charge in [-0.05, 0) is 49.7 Å². The van der Waals surface area contributed by atoms with Crippen LogP contribution in [0.5, 0.6) is 0 Å². The molecule has 2 bridgehead atoms. The SMILES string of the molecule is C=C(C=O)[C@@H]1CCC2(CO)CC(C)=C(C[C@H]2C)[C@@H]1OC. The van der Waals surface area contributed by atoms with Crippen molar-refractivity contribution in [3.05, 3.63) is 23.3 Å². The van der Waals surface area contributed by atoms with Crippen LogP contribution < -0.4 is 0 Å². The Bertz CT molecular complexity index is 438. The minimum atomic E-state index is -0.0351. The first-order chi connectivity index (χ1) is 9.49. The Hall–Kier alpha value is -0.930. The van der Waals surface area contributed by atoms with Crippen LogP contribution in [0.25, 0.3) is 0 Å². The van der Waals surface area contributed by atoms with E-state index in [1.807, 2.05) is 0 Å². The van der Waals surface area contributed by atoms with Crippen LogP contribution in [-0.4, -0.2) is 31.2 Å². The zero-order valence-electron chi connectivity index (χ0n) is 12.8. The fourth-order valence-electron chi connectivity index (χ4n) is 4.13. The number of rotatable bonds is 4. The molecule has 112 valence electrons. The van der Waals surface area contributed by atoms with Gasteiger partial charge in [0, 0.05) is 25.0 Å². The molecule has 0 radical (unpaired) electrons. The van der Waals surface area contributed by atoms with Gasteiger partial charge < -0.3 is 9.84 Å². The molecule has 1 fully saturated rings. The summed E-state index contributed by atoms with van der Waals surface area (Å²) < 4.78 is 5.74. The number of ether oxygens (including phenoxy) is 1. The van der Waals surface area contributed by atoms with Gasteiger partial charge in [-0.3, -0.25) is 4.79 Å². The molecular weight excluding hydrogens is 252 g/mol. The molecule has 3 aliphatic rings. The second-order valence-corrected chi connectivity index (χ2v) is 6.60. The molecule has 4 atom stereocenters. The molecule has 1 N–H and O–H groups in total. The van der Waals surface area contributed by atoms with Crippen molar-refractivity contribution in [2.24, 2.45) is 17.3 Å². The average Bonchev–Trinajstić information content (AvgIpc) is 2.44. The number of aliphatic hydroxyl groups is 1. The molecule has 3 nitrogen and oxygen atoms in total. The number of hydrogen-bond acceptors (Lipinski definition) is 3. The van der Waals surface area contributed by atoms with Gasteiger partial charge in [-0.1, -0.05) is 19.1 Å². The van der Waals surface area contributed by atoms with Crippen LogP contribution in [-0.2, 0) is 9.53 Å². The Labute approximate surface area is 121 Å². The number of aldehydes is 1. The van der Waals surface area contributed by atoms with Crippen LogP contribution in [0.2, 0.25) is 0 Å². The van der Waals surface area contributed by atoms with E-state index >= 15 is 0 Å². The first-order valence-electron chi connectivity index (χ1n) is 7.45. The maximum Gasteiger partial charge on any atom is 0.145 e. The van der Waals surface area contributed by atoms with E-state index in [1.165, 1.54) is 11.1 Å². The predicted octanol–water partition coefficient (Wildman–Crippen LogP) is 2.89. The lowest BCUT2D eigenvalue weighted by Gasteiger charge is -2.48. The Kier molecular flexibility index (Phi) is 4.50. The third-order valence-corrected chi connectivity index (χ3v) is 5.60. The minimum Gasteiger partial charge on any atom is -0.396 e. The fraction of sp³-hybridized carbons (Fsp3) is 0.706. The number of methoxy groups -OCH3 is 1. The fourth-order valence-corrected chi connectivity index (χ4v) is 4.13. The zero-order chi connectivity index (χ0) is 14.9. The van der Waals surface area contributed by atoms with Crippen LogP contribution >= 0.6 is 0 Å². The lowest BCUT2D eigenvalue weighted by atomic mass is 9.59. The molecule has 0 heterocycles. The standard InChI is InChI=1S/C17H26O3/c1-11-8-17(10-19)6-5-14(12(2)9-18)16(20-4)15(11)7-13(17)3/h9,13-14,16,19H,2,5-8,10H2,1,3-4H3/t13-,14+,16-,17?/m1/s1. The summed E-state index contributed by atoms with van der Waals surface area (Å²) >= 11 is 0. The molecule has 0 aromatic heterocycles. The minimum absolute atomic E-state index is 0.0340. The predicted molar refractivity (Wildman–Crippen MR) is 79.3 cm³/mol. The van der Waals surface area contributed by atoms with Gasteiger partial charge in [0.25, 0.3) is 0 Å². The Morgan fingerprint density at radius 2 is 2.30 bits per heavy atom. The van der Waals surface area contributed by atoms with Crippen molar-refractivity contribution in [1.29, 1.82) is 0 Å². The summed E-state index contributed by atoms with van der Waals surface area (Å²) in [6.45, 7) is 8.50. The molecule has 0 aromatic carbocycles. The molecule has 3 rings (SSSR count). The summed E-state index contributed by atoms with van der Waals surface area (Å²) in [5.41, 5.74) is 3.22. The maximum atomic E-state index is 11.1. The third-order valence-electron chi connectivity index (χ3n) is 5.60. The van der Waals surface area contributed by atoms with Crippen molar-refractivity contribution in [1.82, 2.24) is 0 Å². The van der Waals surface area contributed by atoms with Crippen LogP contribution in [0.15, 0.2) is 23.3 Å². The van der Waals surface area contributed by atoms with Crippen molar-refractivity contribution >= 4 is 6.29 Å². The van der Waals surface area contributed by atoms with Gasteiger partial charge in [0.05, 0.1) is 6.10 Å². The number of hydrogen-bond donors (Lipinski definition) is 1. The monoisotopic (exact) mass is 278 g/mol. The lowest BCUT2D eigenvalue weighted by Crippen LogP contribution is -2.43. The molecule has 0 spiro atoms. The quantitative estimate of drug-likeness (QED) is 0.488. The number of fused-ring (bicyclic) bond motifs is 5. The molecule has 1 saturated carbocycles. The third kappa shape index (κ3) is 2.38. The first-order valence-corrected chi connectivity index (χ1v) is 7.45. The number of allylic oxidation sites excluding steroid dienone is 1. The van der Waals surface area contributed by atoms with Crippen LogP contribution in [0.1, 0.15) is 39.5 Å². The highest BCUT2D eigenvalue weighted by Gasteiger charge is 2.45. The summed E-state index contributed by atoms with van der Waals surface area (Å²) in [7, 11) is 1.72. The summed E-state index contributed by atoms with van der Waals surface area (Å²) in [5.74, 6) is 0.496. The van der Waals surface area contributed by atoms with E-state index in [4.69, 9.17) is 4.74 Å². The van der Waals surface area contributed by atoms with E-state index < -0.39 is 0 Å². The second-order valence-electron chi connectivity index (χ2n) is 6.60. The van der Waals surface area contributed by atoms with Gasteiger partial charge >= 0.3 is 0 Å². The van der Waals surface area contributed by atoms with Gasteiger partial charge in [-0.15, -0.1) is 0 Å². The van der Waals surface area contributed by atoms with Crippen molar-refractivity contribution in [2.45, 2.75) is 45.6 Å². The highest BCUT2D eigenvalue weighted by molar-refractivity contribution is 5.73. The zero-order valence-corrected chi connectivity index (χ0v) is 12.8. The number of carbonyl (C=O) groups excluding carboxylic acids is 1. The first kappa shape index (κ1) is 15.5. The molecule has 0 saturated heterocycles. The Morgan fingerprint density at radius 3 is 2.85 bits per heavy atom. The number of aliphatic hydroxyl groups excluding tert-OH is 1. The van der Waals surface area contributed by atoms with Crippen molar-refractivity contribution in [3.63, 3.8) is 0 Å². The van der Waals surface area contributed by atoms with Crippen molar-refractivity contribution in [3.8, 4) is 0 Å². The molecule has 0 amide bonds. The molecule has 3 heteroatoms. The van der Waals surface area contributed by atoms with Crippen LogP contribution in [0, 0.1) is 17.3 Å². The van der Waals surface area contributed by atoms with Crippen LogP contribution in [0.4, 0.5) is 0 Å². The van der Waals surface area contributed by atoms with E-state index in [0.717, 1.165) is 32.0 Å². The van der Waals surface area contributed by atoms with Crippen molar-refractivity contribution in [2.75, 3.05) is 13.7 Å². The average molecular weight is 278 g/mol. The molecule has 1 unspecified atom stereocenters. The van der Waals surface area contributed by atoms with E-state index in [9.17, 15) is 9.90 Å². The van der Waals surface area contributed by atoms with Gasteiger partial charge in [0.15, 0.2) is 0 Å². The smallest absolute Gasteiger partial charge is 0.145 e. The Balaban J connectivity index is 2.45. The maximum absolute atomic E-state index is 11.1. The topological polar surface area (TPSA) is 46.5 Å². The van der Waals surface area contributed by atoms with Gasteiger partial charge in [-0.25, -0.2) is 0 Å². The van der Waals surface area contributed by atoms with Gasteiger partial charge in [0.1, 0.15) is 6.29 Å². The van der Waals surface area contributed by atoms with E-state index in [2.05, 4.69) is 20.4 Å². The van der Waals surface area contributed by atoms with Crippen LogP contribution in [0.3, 0.4) is 0 Å². The van der Waals surface area contributed by atoms with E-state index in [-0.39, 0.29) is 24.0 Å². The van der Waals surface area contributed by atoms with Gasteiger partial charge in [0.2, 0.25) is 0 Å². The normalized spacial score (nSPS) is 37.5. The summed E-state index contributed by atoms with van der Waals surface area (Å²) in [6, 6.07) is 0. The van der Waals surface area contributed by atoms with E-state index in [0.29, 0.717) is 11.5 Å². The summed E-state index contributed by atoms with van der Waals surface area (Å²) in [4.78, 5) is 11.1. The lowest BCUT2D eigenvalue weighted by molar-refractivity contribution is -0.106. The van der Waals surface area contributed by atoms with E-state index in [1.54, 1.807) is 7.11 Å². The summed E-state index contributed by atoms with van der Waals surface area (Å²) in [6.07, 6.45) is 4.50. The molecule has 0 aliphatic heterocycles. The van der Waals surface area contributed by atoms with Crippen molar-refractivity contribution < 1.29 is 14.6 Å². The molecule has 3 aliphatic carbocycles. The molecule has 20 heavy (non-hydrogen) atoms.